The van der Waals surface area contributed by atoms with Gasteiger partial charge in [0.05, 0.1) is 77.5 Å². The van der Waals surface area contributed by atoms with E-state index >= 15 is 0 Å². The molecule has 1 aromatic carbocycles. The van der Waals surface area contributed by atoms with E-state index in [2.05, 4.69) is 10.6 Å². The topological polar surface area (TPSA) is 212 Å². The Kier molecular flexibility index (Phi) is 17.9. The number of alkyl halides is 3. The maximum Gasteiger partial charge on any atom is 0.417 e. The van der Waals surface area contributed by atoms with Crippen LogP contribution in [0.5, 0.6) is 0 Å². The molecule has 0 aromatic heterocycles. The number of hydrogen-bond donors (Lipinski definition) is 4. The number of carbonyl (C=O) groups is 4. The third kappa shape index (κ3) is 11.8. The molecule has 402 valence electrons. The van der Waals surface area contributed by atoms with Gasteiger partial charge in [0.2, 0.25) is 17.6 Å². The minimum atomic E-state index is -4.81. The van der Waals surface area contributed by atoms with Gasteiger partial charge in [0, 0.05) is 42.7 Å². The summed E-state index contributed by atoms with van der Waals surface area (Å²) in [6, 6.07) is 4.31. The lowest BCUT2D eigenvalue weighted by molar-refractivity contribution is -0.409. The molecule has 5 heterocycles. The van der Waals surface area contributed by atoms with Crippen LogP contribution in [0.2, 0.25) is 0 Å². The molecule has 5 aliphatic heterocycles. The molecule has 18 atom stereocenters. The number of amides is 2. The fourth-order valence-electron chi connectivity index (χ4n) is 12.3. The van der Waals surface area contributed by atoms with Crippen molar-refractivity contribution < 1.29 is 71.0 Å². The molecule has 2 amide bonds. The van der Waals surface area contributed by atoms with Gasteiger partial charge in [-0.15, -0.1) is 0 Å². The van der Waals surface area contributed by atoms with Crippen LogP contribution in [0.4, 0.5) is 18.9 Å². The summed E-state index contributed by atoms with van der Waals surface area (Å²) >= 11 is 0. The van der Waals surface area contributed by atoms with E-state index < -0.39 is 125 Å². The minimum absolute atomic E-state index is 0.0377. The number of aliphatic hydroxyl groups excluding tert-OH is 1. The van der Waals surface area contributed by atoms with E-state index in [0.29, 0.717) is 70.3 Å². The molecule has 4 N–H and O–H groups in total. The Labute approximate surface area is 422 Å². The highest BCUT2D eigenvalue weighted by molar-refractivity contribution is 5.95. The summed E-state index contributed by atoms with van der Waals surface area (Å²) in [5, 5.41) is 37.3. The lowest BCUT2D eigenvalue weighted by Crippen LogP contribution is -2.63. The van der Waals surface area contributed by atoms with Crippen LogP contribution in [0.3, 0.4) is 0 Å². The molecule has 18 heteroatoms. The van der Waals surface area contributed by atoms with E-state index in [1.165, 1.54) is 19.1 Å². The molecule has 6 unspecified atom stereocenters. The maximum absolute atomic E-state index is 14.8. The van der Waals surface area contributed by atoms with Crippen molar-refractivity contribution in [1.29, 1.82) is 5.26 Å². The smallest absolute Gasteiger partial charge is 0.417 e. The predicted octanol–water partition coefficient (Wildman–Crippen LogP) is 8.32. The van der Waals surface area contributed by atoms with Gasteiger partial charge in [0.15, 0.2) is 11.9 Å². The summed E-state index contributed by atoms with van der Waals surface area (Å²) < 4.78 is 80.6. The number of aliphatic hydroxyl groups is 2. The number of halogens is 3. The van der Waals surface area contributed by atoms with Crippen molar-refractivity contribution in [2.24, 2.45) is 41.4 Å². The standard InChI is InChI=1S/C54H78F3N3O12/c1-12-38(49(65)59-28-44(62)60-37-17-16-36(27-58)40(26-37)54(55,56)57)41-18-15-29(4)47(69-41)33(8)45(63)32(7)46(64)39(13-2)48-30(5)25-31(6)52(70-48)22-20-43(68-35(10)61)53(72-52)24-23-50(11,71-53)42-19-21-51(66,14-3)34(9)67-42/h16-17,20,22,26,29-34,38-39,41-43,45,47-48,63,66H,12-15,18-19,21,23-25,28H2,1-11H3,(H,59,65)(H,60,62)/t29-,30?,31?,32-,33?,34?,38?,39-,41+,42+,43+,45?,47+,48-,50-,51+,52-,53-/m0/s1. The van der Waals surface area contributed by atoms with Crippen LogP contribution in [-0.2, 0) is 53.8 Å². The zero-order valence-corrected chi connectivity index (χ0v) is 43.8. The number of Topliss-reactive ketones (excluding diaryl/α,β-unsaturated/α-hetero) is 1. The van der Waals surface area contributed by atoms with Gasteiger partial charge in [0.25, 0.3) is 0 Å². The van der Waals surface area contributed by atoms with Crippen molar-refractivity contribution in [2.75, 3.05) is 11.9 Å². The molecule has 2 spiro atoms. The van der Waals surface area contributed by atoms with Gasteiger partial charge in [-0.3, -0.25) is 19.2 Å². The lowest BCUT2D eigenvalue weighted by Gasteiger charge is -2.54. The van der Waals surface area contributed by atoms with E-state index in [1.54, 1.807) is 19.1 Å². The Hall–Kier alpha value is -3.96. The molecule has 0 radical (unpaired) electrons. The predicted molar refractivity (Wildman–Crippen MR) is 258 cm³/mol. The third-order valence-corrected chi connectivity index (χ3v) is 16.9. The number of ketones is 1. The van der Waals surface area contributed by atoms with Crippen LogP contribution in [0, 0.1) is 52.8 Å². The summed E-state index contributed by atoms with van der Waals surface area (Å²) in [6.45, 7) is 20.0. The van der Waals surface area contributed by atoms with Crippen LogP contribution >= 0.6 is 0 Å². The summed E-state index contributed by atoms with van der Waals surface area (Å²) in [5.74, 6) is -7.77. The van der Waals surface area contributed by atoms with E-state index in [9.17, 15) is 42.6 Å². The van der Waals surface area contributed by atoms with Gasteiger partial charge in [-0.25, -0.2) is 0 Å². The molecule has 1 aromatic rings. The quantitative estimate of drug-likeness (QED) is 0.0908. The number of hydrogen-bond acceptors (Lipinski definition) is 13. The number of rotatable bonds is 16. The Bertz CT molecular complexity index is 2210. The highest BCUT2D eigenvalue weighted by atomic mass is 19.4. The largest absolute Gasteiger partial charge is 0.453 e. The van der Waals surface area contributed by atoms with Crippen molar-refractivity contribution in [2.45, 2.75) is 212 Å². The number of nitriles is 1. The molecule has 0 bridgehead atoms. The third-order valence-electron chi connectivity index (χ3n) is 16.9. The zero-order valence-electron chi connectivity index (χ0n) is 43.8. The SMILES string of the molecule is CCC(C(=O)NCC(=O)Nc1ccc(C#N)c(C(F)(F)F)c1)[C@H]1CC[C@H](C)[C@H](C(C)C(O)[C@H](C)C(=O)[C@H](CC)[C@H]2O[C@]3(C=C[C@@H](OC(C)=O)[C@]4(CC[C@@](C)([C@H]5CC[C@](O)(CC)C(C)O5)O4)O3)C(C)CC2C)O1. The van der Waals surface area contributed by atoms with Gasteiger partial charge in [-0.1, -0.05) is 55.4 Å². The van der Waals surface area contributed by atoms with Crippen molar-refractivity contribution in [1.82, 2.24) is 5.32 Å². The van der Waals surface area contributed by atoms with Crippen LogP contribution in [0.15, 0.2) is 30.4 Å². The first-order chi connectivity index (χ1) is 33.7. The highest BCUT2D eigenvalue weighted by Gasteiger charge is 2.64. The fraction of sp³-hybridized carbons (Fsp3) is 0.759. The zero-order chi connectivity index (χ0) is 53.3. The van der Waals surface area contributed by atoms with Crippen LogP contribution in [-0.4, -0.2) is 106 Å². The second-order valence-corrected chi connectivity index (χ2v) is 21.8. The van der Waals surface area contributed by atoms with E-state index in [4.69, 9.17) is 33.7 Å². The fourth-order valence-corrected chi connectivity index (χ4v) is 12.3. The highest BCUT2D eigenvalue weighted by Crippen LogP contribution is 2.55. The molecule has 6 rings (SSSR count). The van der Waals surface area contributed by atoms with E-state index in [1.807, 2.05) is 62.3 Å². The first-order valence-corrected chi connectivity index (χ1v) is 26.1. The molecule has 0 saturated carbocycles. The maximum atomic E-state index is 14.8. The molecule has 5 aliphatic rings. The summed E-state index contributed by atoms with van der Waals surface area (Å²) in [7, 11) is 0. The van der Waals surface area contributed by atoms with E-state index in [0.717, 1.165) is 6.07 Å². The number of anilines is 1. The number of esters is 1. The van der Waals surface area contributed by atoms with Crippen LogP contribution in [0.25, 0.3) is 0 Å². The van der Waals surface area contributed by atoms with Crippen molar-refractivity contribution >= 4 is 29.3 Å². The number of benzene rings is 1. The summed E-state index contributed by atoms with van der Waals surface area (Å²) in [6.07, 6.45) is -0.707. The van der Waals surface area contributed by atoms with Crippen molar-refractivity contribution in [3.05, 3.63) is 41.5 Å². The van der Waals surface area contributed by atoms with Crippen molar-refractivity contribution in [3.8, 4) is 6.07 Å². The van der Waals surface area contributed by atoms with Gasteiger partial charge < -0.3 is 49.3 Å². The normalized spacial score (nSPS) is 37.0. The Morgan fingerprint density at radius 2 is 1.64 bits per heavy atom. The van der Waals surface area contributed by atoms with E-state index in [-0.39, 0.29) is 35.3 Å². The Morgan fingerprint density at radius 3 is 2.25 bits per heavy atom. The molecule has 72 heavy (non-hydrogen) atoms. The summed E-state index contributed by atoms with van der Waals surface area (Å²) in [4.78, 5) is 53.7. The second-order valence-electron chi connectivity index (χ2n) is 21.8. The number of carbonyl (C=O) groups excluding carboxylic acids is 4. The Balaban J connectivity index is 1.12. The molecule has 0 aliphatic carbocycles. The first-order valence-electron chi connectivity index (χ1n) is 26.1. The molecular formula is C54H78F3N3O12. The first kappa shape index (κ1) is 57.3. The van der Waals surface area contributed by atoms with Gasteiger partial charge in [-0.2, -0.15) is 18.4 Å². The van der Waals surface area contributed by atoms with Crippen molar-refractivity contribution in [3.63, 3.8) is 0 Å². The second kappa shape index (κ2) is 22.5. The number of nitrogens with zero attached hydrogens (tertiary/aromatic N) is 1. The number of ether oxygens (including phenoxy) is 6. The Morgan fingerprint density at radius 1 is 0.944 bits per heavy atom. The molecule has 4 saturated heterocycles. The molecule has 4 fully saturated rings. The number of nitrogens with one attached hydrogen (secondary N) is 2. The average Bonchev–Trinajstić information content (AvgIpc) is 3.68. The van der Waals surface area contributed by atoms with Crippen LogP contribution in [0.1, 0.15) is 151 Å². The lowest BCUT2D eigenvalue weighted by atomic mass is 9.72. The molecular weight excluding hydrogens is 940 g/mol. The average molecular weight is 1020 g/mol. The van der Waals surface area contributed by atoms with Gasteiger partial charge in [0.1, 0.15) is 5.78 Å². The monoisotopic (exact) mass is 1020 g/mol. The minimum Gasteiger partial charge on any atom is -0.453 e. The van der Waals surface area contributed by atoms with Gasteiger partial charge >= 0.3 is 12.1 Å². The van der Waals surface area contributed by atoms with Gasteiger partial charge in [-0.05, 0) is 114 Å². The summed E-state index contributed by atoms with van der Waals surface area (Å²) in [5.41, 5.74) is -3.75. The molecule has 15 nitrogen and oxygen atoms in total. The van der Waals surface area contributed by atoms with Crippen LogP contribution < -0.4 is 10.6 Å².